The summed E-state index contributed by atoms with van der Waals surface area (Å²) in [6, 6.07) is 13.9. The maximum absolute atomic E-state index is 5.89. The van der Waals surface area contributed by atoms with Crippen molar-refractivity contribution in [1.29, 1.82) is 0 Å². The summed E-state index contributed by atoms with van der Waals surface area (Å²) in [6.07, 6.45) is 3.84. The van der Waals surface area contributed by atoms with E-state index in [4.69, 9.17) is 11.6 Å². The molecule has 0 amide bonds. The zero-order valence-corrected chi connectivity index (χ0v) is 16.9. The van der Waals surface area contributed by atoms with Crippen LogP contribution in [0.25, 0.3) is 0 Å². The number of hydrogen-bond acceptors (Lipinski definition) is 2. The van der Waals surface area contributed by atoms with Crippen LogP contribution in [0.3, 0.4) is 0 Å². The molecule has 1 heterocycles. The van der Waals surface area contributed by atoms with Crippen LogP contribution in [-0.2, 0) is 13.0 Å². The molecule has 0 fully saturated rings. The Balaban J connectivity index is 0.00000288. The topological polar surface area (TPSA) is 49.3 Å². The molecule has 0 aliphatic carbocycles. The van der Waals surface area contributed by atoms with E-state index in [1.54, 1.807) is 6.20 Å². The maximum atomic E-state index is 5.89. The molecule has 4 nitrogen and oxygen atoms in total. The van der Waals surface area contributed by atoms with Gasteiger partial charge in [-0.05, 0) is 49.6 Å². The van der Waals surface area contributed by atoms with Gasteiger partial charge in [-0.15, -0.1) is 24.0 Å². The smallest absolute Gasteiger partial charge is 0.191 e. The number of aryl methyl sites for hydroxylation is 1. The van der Waals surface area contributed by atoms with Gasteiger partial charge >= 0.3 is 0 Å². The molecule has 0 aliphatic heterocycles. The van der Waals surface area contributed by atoms with Crippen LogP contribution in [-0.4, -0.2) is 24.0 Å². The predicted molar refractivity (Wildman–Crippen MR) is 112 cm³/mol. The quantitative estimate of drug-likeness (QED) is 0.285. The summed E-state index contributed by atoms with van der Waals surface area (Å²) in [6.45, 7) is 4.35. The van der Waals surface area contributed by atoms with Gasteiger partial charge in [-0.2, -0.15) is 0 Å². The van der Waals surface area contributed by atoms with Crippen molar-refractivity contribution >= 4 is 41.5 Å². The molecule has 0 spiro atoms. The van der Waals surface area contributed by atoms with Gasteiger partial charge in [0.05, 0.1) is 12.2 Å². The predicted octanol–water partition coefficient (Wildman–Crippen LogP) is 4.04. The first-order valence-corrected chi connectivity index (χ1v) is 8.32. The molecule has 0 unspecified atom stereocenters. The summed E-state index contributed by atoms with van der Waals surface area (Å²) in [5, 5.41) is 7.39. The Bertz CT molecular complexity index is 602. The fraction of sp³-hybridized carbons (Fsp3) is 0.333. The summed E-state index contributed by atoms with van der Waals surface area (Å²) in [5.74, 6) is 0.828. The van der Waals surface area contributed by atoms with Crippen molar-refractivity contribution in [3.63, 3.8) is 0 Å². The largest absolute Gasteiger partial charge is 0.357 e. The standard InChI is InChI=1S/C18H23ClN4.HI/c1-2-20-18(23-14-17-7-3-4-12-21-17)22-13-5-6-15-8-10-16(19)11-9-15;/h3-4,7-12H,2,5-6,13-14H2,1H3,(H2,20,22,23);1H. The normalized spacial score (nSPS) is 10.8. The van der Waals surface area contributed by atoms with E-state index in [-0.39, 0.29) is 24.0 Å². The lowest BCUT2D eigenvalue weighted by molar-refractivity contribution is 0.742. The number of guanidine groups is 1. The van der Waals surface area contributed by atoms with Crippen LogP contribution >= 0.6 is 35.6 Å². The molecule has 0 radical (unpaired) electrons. The average Bonchev–Trinajstić information content (AvgIpc) is 2.59. The fourth-order valence-electron chi connectivity index (χ4n) is 2.14. The first kappa shape index (κ1) is 20.7. The van der Waals surface area contributed by atoms with Crippen molar-refractivity contribution < 1.29 is 0 Å². The molecule has 0 atom stereocenters. The molecule has 2 aromatic rings. The highest BCUT2D eigenvalue weighted by Gasteiger charge is 1.99. The Labute approximate surface area is 166 Å². The molecule has 0 saturated carbocycles. The van der Waals surface area contributed by atoms with Crippen molar-refractivity contribution in [2.24, 2.45) is 4.99 Å². The molecule has 0 bridgehead atoms. The minimum absolute atomic E-state index is 0. The zero-order valence-electron chi connectivity index (χ0n) is 13.8. The van der Waals surface area contributed by atoms with E-state index in [1.165, 1.54) is 5.56 Å². The van der Waals surface area contributed by atoms with Crippen molar-refractivity contribution in [2.45, 2.75) is 26.3 Å². The average molecular weight is 459 g/mol. The number of aromatic nitrogens is 1. The number of halogens is 2. The Kier molecular flexibility index (Phi) is 10.4. The lowest BCUT2D eigenvalue weighted by atomic mass is 10.1. The minimum Gasteiger partial charge on any atom is -0.357 e. The van der Waals surface area contributed by atoms with Crippen LogP contribution in [0.15, 0.2) is 53.7 Å². The van der Waals surface area contributed by atoms with Crippen LogP contribution in [0.1, 0.15) is 24.6 Å². The molecule has 6 heteroatoms. The van der Waals surface area contributed by atoms with Gasteiger partial charge in [0.15, 0.2) is 5.96 Å². The SMILES string of the molecule is CCNC(=NCc1ccccn1)NCCCc1ccc(Cl)cc1.I. The van der Waals surface area contributed by atoms with Crippen molar-refractivity contribution in [3.05, 3.63) is 64.9 Å². The van der Waals surface area contributed by atoms with Gasteiger partial charge in [-0.1, -0.05) is 29.8 Å². The van der Waals surface area contributed by atoms with Crippen molar-refractivity contribution in [3.8, 4) is 0 Å². The Morgan fingerprint density at radius 1 is 1.12 bits per heavy atom. The van der Waals surface area contributed by atoms with Gasteiger partial charge in [0.25, 0.3) is 0 Å². The Hall–Kier alpha value is -1.34. The van der Waals surface area contributed by atoms with Crippen LogP contribution in [0, 0.1) is 0 Å². The molecule has 2 N–H and O–H groups in total. The molecular weight excluding hydrogens is 435 g/mol. The van der Waals surface area contributed by atoms with E-state index in [0.717, 1.165) is 42.6 Å². The highest BCUT2D eigenvalue weighted by molar-refractivity contribution is 14.0. The van der Waals surface area contributed by atoms with Crippen LogP contribution in [0.2, 0.25) is 5.02 Å². The highest BCUT2D eigenvalue weighted by Crippen LogP contribution is 2.10. The van der Waals surface area contributed by atoms with Crippen molar-refractivity contribution in [2.75, 3.05) is 13.1 Å². The van der Waals surface area contributed by atoms with Crippen LogP contribution in [0.4, 0.5) is 0 Å². The van der Waals surface area contributed by atoms with Crippen molar-refractivity contribution in [1.82, 2.24) is 15.6 Å². The first-order valence-electron chi connectivity index (χ1n) is 7.94. The van der Waals surface area contributed by atoms with E-state index in [2.05, 4.69) is 39.7 Å². The zero-order chi connectivity index (χ0) is 16.3. The number of hydrogen-bond donors (Lipinski definition) is 2. The molecule has 2 rings (SSSR count). The number of pyridine rings is 1. The fourth-order valence-corrected chi connectivity index (χ4v) is 2.27. The molecule has 0 aliphatic rings. The summed E-state index contributed by atoms with van der Waals surface area (Å²) >= 11 is 5.89. The van der Waals surface area contributed by atoms with E-state index in [1.807, 2.05) is 30.3 Å². The van der Waals surface area contributed by atoms with Gasteiger partial charge < -0.3 is 10.6 Å². The second kappa shape index (κ2) is 12.1. The molecular formula is C18H24ClIN4. The second-order valence-corrected chi connectivity index (χ2v) is 5.61. The number of rotatable bonds is 7. The van der Waals surface area contributed by atoms with Crippen LogP contribution in [0.5, 0.6) is 0 Å². The molecule has 130 valence electrons. The molecule has 1 aromatic heterocycles. The number of aliphatic imine (C=N–C) groups is 1. The minimum atomic E-state index is 0. The number of nitrogens with zero attached hydrogens (tertiary/aromatic N) is 2. The summed E-state index contributed by atoms with van der Waals surface area (Å²) in [7, 11) is 0. The lowest BCUT2D eigenvalue weighted by Crippen LogP contribution is -2.37. The summed E-state index contributed by atoms with van der Waals surface area (Å²) < 4.78 is 0. The molecule has 1 aromatic carbocycles. The molecule has 0 saturated heterocycles. The number of nitrogens with one attached hydrogen (secondary N) is 2. The van der Waals surface area contributed by atoms with Gasteiger partial charge in [-0.25, -0.2) is 4.99 Å². The monoisotopic (exact) mass is 458 g/mol. The third kappa shape index (κ3) is 7.97. The van der Waals surface area contributed by atoms with Gasteiger partial charge in [0, 0.05) is 24.3 Å². The van der Waals surface area contributed by atoms with E-state index < -0.39 is 0 Å². The first-order chi connectivity index (χ1) is 11.3. The summed E-state index contributed by atoms with van der Waals surface area (Å²) in [5.41, 5.74) is 2.26. The van der Waals surface area contributed by atoms with Crippen LogP contribution < -0.4 is 10.6 Å². The number of benzene rings is 1. The molecule has 24 heavy (non-hydrogen) atoms. The van der Waals surface area contributed by atoms with E-state index in [9.17, 15) is 0 Å². The lowest BCUT2D eigenvalue weighted by Gasteiger charge is -2.11. The summed E-state index contributed by atoms with van der Waals surface area (Å²) in [4.78, 5) is 8.83. The third-order valence-electron chi connectivity index (χ3n) is 3.32. The Morgan fingerprint density at radius 2 is 1.92 bits per heavy atom. The van der Waals surface area contributed by atoms with E-state index in [0.29, 0.717) is 6.54 Å². The van der Waals surface area contributed by atoms with Gasteiger partial charge in [-0.3, -0.25) is 4.98 Å². The van der Waals surface area contributed by atoms with Gasteiger partial charge in [0.1, 0.15) is 0 Å². The highest BCUT2D eigenvalue weighted by atomic mass is 127. The Morgan fingerprint density at radius 3 is 2.58 bits per heavy atom. The third-order valence-corrected chi connectivity index (χ3v) is 3.57. The van der Waals surface area contributed by atoms with Gasteiger partial charge in [0.2, 0.25) is 0 Å². The van der Waals surface area contributed by atoms with E-state index >= 15 is 0 Å². The second-order valence-electron chi connectivity index (χ2n) is 5.17. The maximum Gasteiger partial charge on any atom is 0.191 e.